The van der Waals surface area contributed by atoms with Crippen LogP contribution in [0.2, 0.25) is 5.02 Å². The largest absolute Gasteiger partial charge is 0.369 e. The van der Waals surface area contributed by atoms with Crippen molar-refractivity contribution in [3.8, 4) is 11.1 Å². The van der Waals surface area contributed by atoms with E-state index in [1.165, 1.54) is 4.88 Å². The molecular formula is C22H19ClN4OS. The van der Waals surface area contributed by atoms with Gasteiger partial charge in [0.2, 0.25) is 5.91 Å². The lowest BCUT2D eigenvalue weighted by Gasteiger charge is -2.09. The van der Waals surface area contributed by atoms with E-state index < -0.39 is 0 Å². The van der Waals surface area contributed by atoms with E-state index in [-0.39, 0.29) is 5.91 Å². The zero-order chi connectivity index (χ0) is 20.2. The van der Waals surface area contributed by atoms with Gasteiger partial charge in [0.15, 0.2) is 0 Å². The first kappa shape index (κ1) is 19.4. The Bertz CT molecular complexity index is 1140. The summed E-state index contributed by atoms with van der Waals surface area (Å²) in [5.74, 6) is 0.674. The first-order valence-corrected chi connectivity index (χ1v) is 10.4. The number of amides is 1. The SMILES string of the molecule is Cc1sc2ncnc(NCCC(=O)Nc3ccc(Cl)cc3)c2c1-c1ccccc1. The smallest absolute Gasteiger partial charge is 0.226 e. The molecule has 0 unspecified atom stereocenters. The topological polar surface area (TPSA) is 66.9 Å². The van der Waals surface area contributed by atoms with Gasteiger partial charge >= 0.3 is 0 Å². The number of rotatable bonds is 6. The molecule has 0 spiro atoms. The van der Waals surface area contributed by atoms with Crippen molar-refractivity contribution in [2.75, 3.05) is 17.2 Å². The zero-order valence-electron chi connectivity index (χ0n) is 15.8. The molecule has 2 heterocycles. The molecule has 4 rings (SSSR count). The van der Waals surface area contributed by atoms with Crippen molar-refractivity contribution in [1.29, 1.82) is 0 Å². The molecule has 0 atom stereocenters. The Labute approximate surface area is 177 Å². The third kappa shape index (κ3) is 4.39. The Kier molecular flexibility index (Phi) is 5.74. The van der Waals surface area contributed by atoms with Crippen LogP contribution in [-0.4, -0.2) is 22.4 Å². The summed E-state index contributed by atoms with van der Waals surface area (Å²) in [5.41, 5.74) is 3.00. The molecule has 7 heteroatoms. The second kappa shape index (κ2) is 8.59. The van der Waals surface area contributed by atoms with Gasteiger partial charge in [0.05, 0.1) is 5.39 Å². The molecular weight excluding hydrogens is 404 g/mol. The molecule has 0 aliphatic heterocycles. The fourth-order valence-electron chi connectivity index (χ4n) is 3.18. The molecule has 5 nitrogen and oxygen atoms in total. The Morgan fingerprint density at radius 2 is 1.83 bits per heavy atom. The second-order valence-electron chi connectivity index (χ2n) is 6.53. The highest BCUT2D eigenvalue weighted by Gasteiger charge is 2.16. The number of hydrogen-bond acceptors (Lipinski definition) is 5. The quantitative estimate of drug-likeness (QED) is 0.414. The van der Waals surface area contributed by atoms with Crippen LogP contribution < -0.4 is 10.6 Å². The minimum atomic E-state index is -0.0742. The molecule has 0 saturated heterocycles. The van der Waals surface area contributed by atoms with E-state index in [2.05, 4.69) is 39.7 Å². The number of carbonyl (C=O) groups is 1. The third-order valence-electron chi connectivity index (χ3n) is 4.50. The summed E-state index contributed by atoms with van der Waals surface area (Å²) in [7, 11) is 0. The Morgan fingerprint density at radius 3 is 2.59 bits per heavy atom. The summed E-state index contributed by atoms with van der Waals surface area (Å²) >= 11 is 7.52. The van der Waals surface area contributed by atoms with Gasteiger partial charge in [-0.25, -0.2) is 9.97 Å². The zero-order valence-corrected chi connectivity index (χ0v) is 17.3. The number of aryl methyl sites for hydroxylation is 1. The van der Waals surface area contributed by atoms with E-state index in [1.807, 2.05) is 18.2 Å². The Hall–Kier alpha value is -2.96. The average Bonchev–Trinajstić information content (AvgIpc) is 3.07. The molecule has 0 aliphatic rings. The monoisotopic (exact) mass is 422 g/mol. The maximum atomic E-state index is 12.2. The molecule has 0 saturated carbocycles. The summed E-state index contributed by atoms with van der Waals surface area (Å²) < 4.78 is 0. The molecule has 29 heavy (non-hydrogen) atoms. The van der Waals surface area contributed by atoms with Crippen LogP contribution in [0.1, 0.15) is 11.3 Å². The number of aromatic nitrogens is 2. The molecule has 1 amide bonds. The Morgan fingerprint density at radius 1 is 1.07 bits per heavy atom. The van der Waals surface area contributed by atoms with E-state index in [0.717, 1.165) is 32.8 Å². The van der Waals surface area contributed by atoms with Crippen LogP contribution in [0.4, 0.5) is 11.5 Å². The van der Waals surface area contributed by atoms with Crippen LogP contribution in [0.15, 0.2) is 60.9 Å². The van der Waals surface area contributed by atoms with E-state index >= 15 is 0 Å². The van der Waals surface area contributed by atoms with Crippen LogP contribution in [0.3, 0.4) is 0 Å². The maximum absolute atomic E-state index is 12.2. The normalized spacial score (nSPS) is 10.8. The maximum Gasteiger partial charge on any atom is 0.226 e. The molecule has 4 aromatic rings. The van der Waals surface area contributed by atoms with Crippen molar-refractivity contribution in [3.05, 3.63) is 70.8 Å². The number of nitrogens with one attached hydrogen (secondary N) is 2. The van der Waals surface area contributed by atoms with Gasteiger partial charge in [0.1, 0.15) is 17.0 Å². The molecule has 146 valence electrons. The summed E-state index contributed by atoms with van der Waals surface area (Å²) in [6, 6.07) is 17.3. The predicted octanol–water partition coefficient (Wildman–Crippen LogP) is 5.76. The van der Waals surface area contributed by atoms with E-state index in [9.17, 15) is 4.79 Å². The fraction of sp³-hybridized carbons (Fsp3) is 0.136. The molecule has 2 N–H and O–H groups in total. The highest BCUT2D eigenvalue weighted by molar-refractivity contribution is 7.19. The van der Waals surface area contributed by atoms with Gasteiger partial charge in [-0.1, -0.05) is 41.9 Å². The number of carbonyl (C=O) groups excluding carboxylic acids is 1. The third-order valence-corrected chi connectivity index (χ3v) is 5.76. The first-order chi connectivity index (χ1) is 14.1. The first-order valence-electron chi connectivity index (χ1n) is 9.20. The number of halogens is 1. The van der Waals surface area contributed by atoms with Gasteiger partial charge in [-0.05, 0) is 36.8 Å². The minimum absolute atomic E-state index is 0.0742. The Balaban J connectivity index is 1.50. The number of nitrogens with zero attached hydrogens (tertiary/aromatic N) is 2. The van der Waals surface area contributed by atoms with Gasteiger partial charge in [0, 0.05) is 34.1 Å². The van der Waals surface area contributed by atoms with Crippen LogP contribution in [0.25, 0.3) is 21.3 Å². The summed E-state index contributed by atoms with van der Waals surface area (Å²) in [6.07, 6.45) is 1.88. The van der Waals surface area contributed by atoms with E-state index in [0.29, 0.717) is 18.0 Å². The minimum Gasteiger partial charge on any atom is -0.369 e. The predicted molar refractivity (Wildman–Crippen MR) is 121 cm³/mol. The molecule has 0 bridgehead atoms. The van der Waals surface area contributed by atoms with Crippen molar-refractivity contribution in [2.45, 2.75) is 13.3 Å². The van der Waals surface area contributed by atoms with Crippen molar-refractivity contribution < 1.29 is 4.79 Å². The highest BCUT2D eigenvalue weighted by Crippen LogP contribution is 2.40. The van der Waals surface area contributed by atoms with Gasteiger partial charge in [-0.3, -0.25) is 4.79 Å². The van der Waals surface area contributed by atoms with Gasteiger partial charge < -0.3 is 10.6 Å². The van der Waals surface area contributed by atoms with Gasteiger partial charge in [0.25, 0.3) is 0 Å². The van der Waals surface area contributed by atoms with Crippen molar-refractivity contribution in [3.63, 3.8) is 0 Å². The number of hydrogen-bond donors (Lipinski definition) is 2. The molecule has 0 radical (unpaired) electrons. The lowest BCUT2D eigenvalue weighted by molar-refractivity contribution is -0.115. The second-order valence-corrected chi connectivity index (χ2v) is 8.17. The lowest BCUT2D eigenvalue weighted by atomic mass is 10.0. The van der Waals surface area contributed by atoms with Gasteiger partial charge in [-0.15, -0.1) is 11.3 Å². The molecule has 2 aromatic heterocycles. The fourth-order valence-corrected chi connectivity index (χ4v) is 4.32. The van der Waals surface area contributed by atoms with Crippen LogP contribution in [0, 0.1) is 6.92 Å². The standard InChI is InChI=1S/C22H19ClN4OS/c1-14-19(15-5-3-2-4-6-15)20-21(25-13-26-22(20)29-14)24-12-11-18(28)27-17-9-7-16(23)8-10-17/h2-10,13H,11-12H2,1H3,(H,27,28)(H,24,25,26). The highest BCUT2D eigenvalue weighted by atomic mass is 35.5. The van der Waals surface area contributed by atoms with Gasteiger partial charge in [-0.2, -0.15) is 0 Å². The summed E-state index contributed by atoms with van der Waals surface area (Å²) in [4.78, 5) is 23.2. The number of benzene rings is 2. The van der Waals surface area contributed by atoms with Crippen LogP contribution >= 0.6 is 22.9 Å². The molecule has 2 aromatic carbocycles. The lowest BCUT2D eigenvalue weighted by Crippen LogP contribution is -2.16. The number of thiophene rings is 1. The average molecular weight is 423 g/mol. The van der Waals surface area contributed by atoms with Crippen molar-refractivity contribution in [1.82, 2.24) is 9.97 Å². The van der Waals surface area contributed by atoms with Crippen LogP contribution in [0.5, 0.6) is 0 Å². The van der Waals surface area contributed by atoms with Crippen molar-refractivity contribution in [2.24, 2.45) is 0 Å². The van der Waals surface area contributed by atoms with E-state index in [1.54, 1.807) is 41.9 Å². The molecule has 0 fully saturated rings. The molecule has 0 aliphatic carbocycles. The van der Waals surface area contributed by atoms with Crippen LogP contribution in [-0.2, 0) is 4.79 Å². The number of anilines is 2. The number of fused-ring (bicyclic) bond motifs is 1. The summed E-state index contributed by atoms with van der Waals surface area (Å²) in [6.45, 7) is 2.56. The van der Waals surface area contributed by atoms with Crippen molar-refractivity contribution >= 4 is 50.6 Å². The van der Waals surface area contributed by atoms with E-state index in [4.69, 9.17) is 11.6 Å². The summed E-state index contributed by atoms with van der Waals surface area (Å²) in [5, 5.41) is 7.81.